The smallest absolute Gasteiger partial charge is 0.0621 e. The first-order chi connectivity index (χ1) is 9.79. The first kappa shape index (κ1) is 14.9. The Hall–Kier alpha value is -1.45. The second-order valence-corrected chi connectivity index (χ2v) is 5.29. The van der Waals surface area contributed by atoms with Gasteiger partial charge in [-0.1, -0.05) is 24.6 Å². The summed E-state index contributed by atoms with van der Waals surface area (Å²) in [5.74, 6) is 0. The van der Waals surface area contributed by atoms with Crippen molar-refractivity contribution in [3.8, 4) is 0 Å². The first-order valence-electron chi connectivity index (χ1n) is 7.00. The van der Waals surface area contributed by atoms with Crippen LogP contribution in [0.15, 0.2) is 43.0 Å². The van der Waals surface area contributed by atoms with E-state index >= 15 is 0 Å². The topological polar surface area (TPSA) is 37.8 Å². The van der Waals surface area contributed by atoms with Crippen LogP contribution in [0, 0.1) is 0 Å². The zero-order valence-corrected chi connectivity index (χ0v) is 12.5. The number of hydrogen-bond acceptors (Lipinski definition) is 3. The molecule has 0 saturated carbocycles. The normalized spacial score (nSPS) is 12.3. The monoisotopic (exact) mass is 289 g/mol. The molecule has 1 unspecified atom stereocenters. The molecule has 20 heavy (non-hydrogen) atoms. The van der Waals surface area contributed by atoms with Crippen LogP contribution in [0.3, 0.4) is 0 Å². The number of rotatable bonds is 7. The van der Waals surface area contributed by atoms with Crippen molar-refractivity contribution in [3.63, 3.8) is 0 Å². The molecular formula is C16H20ClN3. The molecule has 1 atom stereocenters. The van der Waals surface area contributed by atoms with E-state index in [0.29, 0.717) is 6.04 Å². The molecule has 2 heterocycles. The van der Waals surface area contributed by atoms with Gasteiger partial charge in [-0.3, -0.25) is 9.97 Å². The number of aromatic nitrogens is 2. The standard InChI is InChI=1S/C16H20ClN3/c1-2-6-20-15(9-13-4-3-7-18-11-13)10-14-5-8-19-12-16(14)17/h3-5,7-8,11-12,15,20H,2,6,9-10H2,1H3. The summed E-state index contributed by atoms with van der Waals surface area (Å²) in [6.07, 6.45) is 10.2. The maximum absolute atomic E-state index is 6.20. The third-order valence-electron chi connectivity index (χ3n) is 3.21. The van der Waals surface area contributed by atoms with Gasteiger partial charge in [0.1, 0.15) is 0 Å². The van der Waals surface area contributed by atoms with E-state index in [0.717, 1.165) is 36.4 Å². The minimum Gasteiger partial charge on any atom is -0.313 e. The van der Waals surface area contributed by atoms with Gasteiger partial charge in [-0.05, 0) is 49.1 Å². The molecule has 0 spiro atoms. The van der Waals surface area contributed by atoms with Crippen LogP contribution in [0.4, 0.5) is 0 Å². The molecule has 0 aliphatic rings. The van der Waals surface area contributed by atoms with Gasteiger partial charge in [0, 0.05) is 30.8 Å². The molecule has 3 nitrogen and oxygen atoms in total. The Morgan fingerprint density at radius 2 is 2.00 bits per heavy atom. The second-order valence-electron chi connectivity index (χ2n) is 4.89. The van der Waals surface area contributed by atoms with Crippen LogP contribution in [0.5, 0.6) is 0 Å². The van der Waals surface area contributed by atoms with Crippen molar-refractivity contribution in [2.45, 2.75) is 32.2 Å². The predicted octanol–water partition coefficient (Wildman–Crippen LogP) is 3.28. The summed E-state index contributed by atoms with van der Waals surface area (Å²) in [6.45, 7) is 3.18. The average Bonchev–Trinajstić information content (AvgIpc) is 2.48. The van der Waals surface area contributed by atoms with E-state index in [1.807, 2.05) is 18.3 Å². The number of nitrogens with zero attached hydrogens (tertiary/aromatic N) is 2. The van der Waals surface area contributed by atoms with E-state index in [4.69, 9.17) is 11.6 Å². The minimum atomic E-state index is 0.360. The van der Waals surface area contributed by atoms with Gasteiger partial charge < -0.3 is 5.32 Å². The summed E-state index contributed by atoms with van der Waals surface area (Å²) in [5, 5.41) is 4.32. The largest absolute Gasteiger partial charge is 0.313 e. The quantitative estimate of drug-likeness (QED) is 0.850. The maximum Gasteiger partial charge on any atom is 0.0621 e. The summed E-state index contributed by atoms with van der Waals surface area (Å²) in [7, 11) is 0. The molecule has 2 aromatic rings. The van der Waals surface area contributed by atoms with Gasteiger partial charge >= 0.3 is 0 Å². The van der Waals surface area contributed by atoms with Gasteiger partial charge in [0.25, 0.3) is 0 Å². The SMILES string of the molecule is CCCNC(Cc1cccnc1)Cc1ccncc1Cl. The summed E-state index contributed by atoms with van der Waals surface area (Å²) in [6, 6.07) is 6.44. The number of hydrogen-bond donors (Lipinski definition) is 1. The third kappa shape index (κ3) is 4.58. The van der Waals surface area contributed by atoms with Gasteiger partial charge in [-0.2, -0.15) is 0 Å². The summed E-state index contributed by atoms with van der Waals surface area (Å²) in [4.78, 5) is 8.21. The van der Waals surface area contributed by atoms with Gasteiger partial charge in [0.05, 0.1) is 5.02 Å². The Morgan fingerprint density at radius 1 is 1.15 bits per heavy atom. The fourth-order valence-corrected chi connectivity index (χ4v) is 2.40. The lowest BCUT2D eigenvalue weighted by Crippen LogP contribution is -2.34. The maximum atomic E-state index is 6.20. The van der Waals surface area contributed by atoms with Gasteiger partial charge in [-0.25, -0.2) is 0 Å². The Balaban J connectivity index is 2.05. The molecule has 2 aromatic heterocycles. The van der Waals surface area contributed by atoms with E-state index in [1.54, 1.807) is 18.6 Å². The van der Waals surface area contributed by atoms with Gasteiger partial charge in [0.2, 0.25) is 0 Å². The molecule has 4 heteroatoms. The molecule has 1 N–H and O–H groups in total. The molecule has 0 saturated heterocycles. The van der Waals surface area contributed by atoms with Crippen LogP contribution in [0.2, 0.25) is 5.02 Å². The predicted molar refractivity (Wildman–Crippen MR) is 83.0 cm³/mol. The minimum absolute atomic E-state index is 0.360. The van der Waals surface area contributed by atoms with E-state index in [1.165, 1.54) is 5.56 Å². The Bertz CT molecular complexity index is 516. The van der Waals surface area contributed by atoms with Crippen LogP contribution in [-0.2, 0) is 12.8 Å². The zero-order chi connectivity index (χ0) is 14.2. The second kappa shape index (κ2) is 7.98. The average molecular weight is 290 g/mol. The molecular weight excluding hydrogens is 270 g/mol. The van der Waals surface area contributed by atoms with Crippen molar-refractivity contribution >= 4 is 11.6 Å². The molecule has 0 bridgehead atoms. The van der Waals surface area contributed by atoms with E-state index in [-0.39, 0.29) is 0 Å². The highest BCUT2D eigenvalue weighted by molar-refractivity contribution is 6.31. The molecule has 2 rings (SSSR count). The van der Waals surface area contributed by atoms with E-state index in [2.05, 4.69) is 28.3 Å². The Morgan fingerprint density at radius 3 is 2.70 bits per heavy atom. The Kier molecular flexibility index (Phi) is 5.96. The van der Waals surface area contributed by atoms with Crippen LogP contribution < -0.4 is 5.32 Å². The Labute approximate surface area is 125 Å². The molecule has 106 valence electrons. The summed E-state index contributed by atoms with van der Waals surface area (Å²) in [5.41, 5.74) is 2.38. The summed E-state index contributed by atoms with van der Waals surface area (Å²) < 4.78 is 0. The van der Waals surface area contributed by atoms with Crippen molar-refractivity contribution in [2.75, 3.05) is 6.54 Å². The van der Waals surface area contributed by atoms with Crippen molar-refractivity contribution in [2.24, 2.45) is 0 Å². The van der Waals surface area contributed by atoms with Crippen LogP contribution in [0.25, 0.3) is 0 Å². The highest BCUT2D eigenvalue weighted by Crippen LogP contribution is 2.16. The molecule has 0 aromatic carbocycles. The lowest BCUT2D eigenvalue weighted by Gasteiger charge is -2.19. The lowest BCUT2D eigenvalue weighted by molar-refractivity contribution is 0.504. The first-order valence-corrected chi connectivity index (χ1v) is 7.38. The number of nitrogens with one attached hydrogen (secondary N) is 1. The molecule has 0 radical (unpaired) electrons. The highest BCUT2D eigenvalue weighted by Gasteiger charge is 2.12. The number of halogens is 1. The zero-order valence-electron chi connectivity index (χ0n) is 11.7. The van der Waals surface area contributed by atoms with Crippen molar-refractivity contribution in [1.29, 1.82) is 0 Å². The van der Waals surface area contributed by atoms with Crippen LogP contribution >= 0.6 is 11.6 Å². The van der Waals surface area contributed by atoms with E-state index < -0.39 is 0 Å². The molecule has 0 fully saturated rings. The number of pyridine rings is 2. The molecule has 0 aliphatic heterocycles. The highest BCUT2D eigenvalue weighted by atomic mass is 35.5. The summed E-state index contributed by atoms with van der Waals surface area (Å²) >= 11 is 6.20. The van der Waals surface area contributed by atoms with Crippen molar-refractivity contribution < 1.29 is 0 Å². The fraction of sp³-hybridized carbons (Fsp3) is 0.375. The van der Waals surface area contributed by atoms with Crippen LogP contribution in [-0.4, -0.2) is 22.6 Å². The van der Waals surface area contributed by atoms with Gasteiger partial charge in [-0.15, -0.1) is 0 Å². The van der Waals surface area contributed by atoms with Crippen LogP contribution in [0.1, 0.15) is 24.5 Å². The van der Waals surface area contributed by atoms with Gasteiger partial charge in [0.15, 0.2) is 0 Å². The van der Waals surface area contributed by atoms with Crippen molar-refractivity contribution in [3.05, 3.63) is 59.1 Å². The lowest BCUT2D eigenvalue weighted by atomic mass is 10.0. The molecule has 0 amide bonds. The molecule has 0 aliphatic carbocycles. The van der Waals surface area contributed by atoms with Crippen molar-refractivity contribution in [1.82, 2.24) is 15.3 Å². The fourth-order valence-electron chi connectivity index (χ4n) is 2.20. The van der Waals surface area contributed by atoms with E-state index in [9.17, 15) is 0 Å². The third-order valence-corrected chi connectivity index (χ3v) is 3.55.